The first-order valence-electron chi connectivity index (χ1n) is 9.42. The molecule has 0 saturated carbocycles. The molecule has 1 N–H and O–H groups in total. The Labute approximate surface area is 181 Å². The van der Waals surface area contributed by atoms with E-state index in [-0.39, 0.29) is 11.9 Å². The number of ether oxygens (including phenoxy) is 2. The highest BCUT2D eigenvalue weighted by Crippen LogP contribution is 2.41. The van der Waals surface area contributed by atoms with Gasteiger partial charge in [-0.15, -0.1) is 22.7 Å². The third-order valence-electron chi connectivity index (χ3n) is 4.92. The number of amides is 1. The number of hydrogen-bond acceptors (Lipinski definition) is 6. The highest BCUT2D eigenvalue weighted by Gasteiger charge is 2.28. The minimum absolute atomic E-state index is 0.292. The first-order chi connectivity index (χ1) is 14.0. The molecule has 5 nitrogen and oxygen atoms in total. The van der Waals surface area contributed by atoms with Crippen LogP contribution in [0.15, 0.2) is 18.2 Å². The molecule has 4 rings (SSSR count). The predicted molar refractivity (Wildman–Crippen MR) is 118 cm³/mol. The standard InChI is InChI=1S/C21H20ClNO4S2/c1-3-27-21(25)16-12-6-4-5-7-14(12)29-20(16)23-19(24)18-17(22)13-10-11(26-2)8-9-15(13)28-18/h8-10H,3-7H2,1-2H3,(H,23,24). The van der Waals surface area contributed by atoms with Crippen LogP contribution in [0.3, 0.4) is 0 Å². The molecule has 8 heteroatoms. The number of fused-ring (bicyclic) bond motifs is 2. The Kier molecular flexibility index (Phi) is 5.81. The Morgan fingerprint density at radius 1 is 1.21 bits per heavy atom. The summed E-state index contributed by atoms with van der Waals surface area (Å²) in [5, 5.41) is 4.64. The Morgan fingerprint density at radius 3 is 2.76 bits per heavy atom. The van der Waals surface area contributed by atoms with Gasteiger partial charge >= 0.3 is 5.97 Å². The second-order valence-corrected chi connectivity index (χ2v) is 9.23. The van der Waals surface area contributed by atoms with Crippen molar-refractivity contribution in [1.29, 1.82) is 0 Å². The maximum Gasteiger partial charge on any atom is 0.341 e. The molecule has 0 unspecified atom stereocenters. The van der Waals surface area contributed by atoms with E-state index < -0.39 is 0 Å². The van der Waals surface area contributed by atoms with Gasteiger partial charge in [0, 0.05) is 15.0 Å². The highest BCUT2D eigenvalue weighted by molar-refractivity contribution is 7.22. The lowest BCUT2D eigenvalue weighted by Crippen LogP contribution is -2.15. The molecule has 0 bridgehead atoms. The minimum atomic E-state index is -0.380. The van der Waals surface area contributed by atoms with E-state index in [1.54, 1.807) is 14.0 Å². The van der Waals surface area contributed by atoms with Gasteiger partial charge < -0.3 is 14.8 Å². The number of rotatable bonds is 5. The normalized spacial score (nSPS) is 13.2. The van der Waals surface area contributed by atoms with E-state index in [1.807, 2.05) is 18.2 Å². The molecule has 0 spiro atoms. The summed E-state index contributed by atoms with van der Waals surface area (Å²) in [6.07, 6.45) is 3.88. The Morgan fingerprint density at radius 2 is 2.00 bits per heavy atom. The Bertz CT molecular complexity index is 1100. The number of thiophene rings is 2. The number of halogens is 1. The fourth-order valence-electron chi connectivity index (χ4n) is 3.55. The van der Waals surface area contributed by atoms with Crippen LogP contribution in [0, 0.1) is 0 Å². The van der Waals surface area contributed by atoms with E-state index in [4.69, 9.17) is 21.1 Å². The van der Waals surface area contributed by atoms with Crippen LogP contribution in [-0.4, -0.2) is 25.6 Å². The molecule has 1 amide bonds. The van der Waals surface area contributed by atoms with Gasteiger partial charge in [-0.2, -0.15) is 0 Å². The second-order valence-electron chi connectivity index (χ2n) is 6.70. The summed E-state index contributed by atoms with van der Waals surface area (Å²) in [6, 6.07) is 5.54. The lowest BCUT2D eigenvalue weighted by molar-refractivity contribution is 0.0526. The summed E-state index contributed by atoms with van der Waals surface area (Å²) in [7, 11) is 1.59. The van der Waals surface area contributed by atoms with Crippen LogP contribution in [0.5, 0.6) is 5.75 Å². The molecule has 1 aliphatic rings. The topological polar surface area (TPSA) is 64.6 Å². The smallest absolute Gasteiger partial charge is 0.341 e. The van der Waals surface area contributed by atoms with E-state index in [0.29, 0.717) is 32.8 Å². The van der Waals surface area contributed by atoms with Gasteiger partial charge in [-0.3, -0.25) is 4.79 Å². The van der Waals surface area contributed by atoms with Gasteiger partial charge in [-0.25, -0.2) is 4.79 Å². The third kappa shape index (κ3) is 3.74. The Balaban J connectivity index is 1.70. The predicted octanol–water partition coefficient (Wildman–Crippen LogP) is 5.93. The SMILES string of the molecule is CCOC(=O)c1c(NC(=O)c2sc3ccc(OC)cc3c2Cl)sc2c1CCCC2. The molecule has 152 valence electrons. The van der Waals surface area contributed by atoms with Crippen LogP contribution in [0.25, 0.3) is 10.1 Å². The molecule has 0 radical (unpaired) electrons. The molecule has 2 aromatic heterocycles. The van der Waals surface area contributed by atoms with E-state index in [9.17, 15) is 9.59 Å². The van der Waals surface area contributed by atoms with Crippen molar-refractivity contribution in [2.75, 3.05) is 19.0 Å². The molecule has 2 heterocycles. The quantitative estimate of drug-likeness (QED) is 0.490. The molecular weight excluding hydrogens is 430 g/mol. The number of anilines is 1. The fourth-order valence-corrected chi connectivity index (χ4v) is 6.21. The van der Waals surface area contributed by atoms with Crippen LogP contribution in [-0.2, 0) is 17.6 Å². The van der Waals surface area contributed by atoms with Crippen molar-refractivity contribution >= 4 is 61.2 Å². The molecule has 0 fully saturated rings. The number of esters is 1. The zero-order valence-electron chi connectivity index (χ0n) is 16.1. The summed E-state index contributed by atoms with van der Waals surface area (Å²) >= 11 is 9.29. The van der Waals surface area contributed by atoms with E-state index >= 15 is 0 Å². The number of benzene rings is 1. The van der Waals surface area contributed by atoms with Gasteiger partial charge in [0.05, 0.1) is 24.3 Å². The molecule has 1 aliphatic carbocycles. The van der Waals surface area contributed by atoms with Crippen molar-refractivity contribution in [1.82, 2.24) is 0 Å². The second kappa shape index (κ2) is 8.34. The van der Waals surface area contributed by atoms with Crippen molar-refractivity contribution < 1.29 is 19.1 Å². The average molecular weight is 450 g/mol. The first kappa shape index (κ1) is 20.2. The monoisotopic (exact) mass is 449 g/mol. The molecule has 1 aromatic carbocycles. The number of carbonyl (C=O) groups is 2. The lowest BCUT2D eigenvalue weighted by atomic mass is 9.95. The molecule has 3 aromatic rings. The summed E-state index contributed by atoms with van der Waals surface area (Å²) in [5.41, 5.74) is 1.51. The van der Waals surface area contributed by atoms with E-state index in [0.717, 1.165) is 46.2 Å². The van der Waals surface area contributed by atoms with Crippen molar-refractivity contribution in [3.8, 4) is 5.75 Å². The van der Waals surface area contributed by atoms with Crippen LogP contribution >= 0.6 is 34.3 Å². The number of methoxy groups -OCH3 is 1. The van der Waals surface area contributed by atoms with E-state index in [1.165, 1.54) is 22.7 Å². The lowest BCUT2D eigenvalue weighted by Gasteiger charge is -2.12. The highest BCUT2D eigenvalue weighted by atomic mass is 35.5. The van der Waals surface area contributed by atoms with Crippen LogP contribution in [0.4, 0.5) is 5.00 Å². The molecule has 0 atom stereocenters. The van der Waals surface area contributed by atoms with Gasteiger partial charge in [0.15, 0.2) is 0 Å². The van der Waals surface area contributed by atoms with Crippen molar-refractivity contribution in [3.63, 3.8) is 0 Å². The van der Waals surface area contributed by atoms with Gasteiger partial charge in [0.2, 0.25) is 0 Å². The number of aryl methyl sites for hydroxylation is 1. The van der Waals surface area contributed by atoms with Crippen molar-refractivity contribution in [2.45, 2.75) is 32.6 Å². The summed E-state index contributed by atoms with van der Waals surface area (Å²) in [4.78, 5) is 27.2. The average Bonchev–Trinajstić information content (AvgIpc) is 3.25. The largest absolute Gasteiger partial charge is 0.497 e. The minimum Gasteiger partial charge on any atom is -0.497 e. The van der Waals surface area contributed by atoms with Crippen LogP contribution in [0.1, 0.15) is 50.2 Å². The molecule has 29 heavy (non-hydrogen) atoms. The van der Waals surface area contributed by atoms with Gasteiger partial charge in [0.25, 0.3) is 5.91 Å². The van der Waals surface area contributed by atoms with Crippen molar-refractivity contribution in [3.05, 3.63) is 44.1 Å². The number of hydrogen-bond donors (Lipinski definition) is 1. The van der Waals surface area contributed by atoms with Crippen LogP contribution in [0.2, 0.25) is 5.02 Å². The van der Waals surface area contributed by atoms with E-state index in [2.05, 4.69) is 5.32 Å². The number of nitrogens with one attached hydrogen (secondary N) is 1. The maximum atomic E-state index is 13.0. The summed E-state index contributed by atoms with van der Waals surface area (Å²) < 4.78 is 11.4. The zero-order valence-corrected chi connectivity index (χ0v) is 18.5. The van der Waals surface area contributed by atoms with Crippen molar-refractivity contribution in [2.24, 2.45) is 0 Å². The number of carbonyl (C=O) groups excluding carboxylic acids is 2. The fraction of sp³-hybridized carbons (Fsp3) is 0.333. The Hall–Kier alpha value is -2.09. The molecule has 0 aliphatic heterocycles. The first-order valence-corrected chi connectivity index (χ1v) is 11.4. The third-order valence-corrected chi connectivity index (χ3v) is 7.80. The van der Waals surface area contributed by atoms with Gasteiger partial charge in [0.1, 0.15) is 15.6 Å². The van der Waals surface area contributed by atoms with Gasteiger partial charge in [-0.1, -0.05) is 11.6 Å². The zero-order chi connectivity index (χ0) is 20.5. The molecular formula is C21H20ClNO4S2. The summed E-state index contributed by atoms with van der Waals surface area (Å²) in [6.45, 7) is 2.07. The maximum absolute atomic E-state index is 13.0. The van der Waals surface area contributed by atoms with Gasteiger partial charge in [-0.05, 0) is 56.4 Å². The molecule has 0 saturated heterocycles. The van der Waals surface area contributed by atoms with Crippen LogP contribution < -0.4 is 10.1 Å². The summed E-state index contributed by atoms with van der Waals surface area (Å²) in [5.74, 6) is -0.0200.